The van der Waals surface area contributed by atoms with Crippen molar-refractivity contribution < 1.29 is 4.79 Å². The van der Waals surface area contributed by atoms with Crippen LogP contribution in [-0.2, 0) is 12.8 Å². The van der Waals surface area contributed by atoms with E-state index in [1.807, 2.05) is 35.4 Å². The van der Waals surface area contributed by atoms with Gasteiger partial charge in [-0.2, -0.15) is 0 Å². The zero-order valence-electron chi connectivity index (χ0n) is 15.4. The molecule has 0 atom stereocenters. The van der Waals surface area contributed by atoms with E-state index in [1.54, 1.807) is 0 Å². The van der Waals surface area contributed by atoms with Crippen LogP contribution in [0.3, 0.4) is 0 Å². The number of aromatic amines is 1. The van der Waals surface area contributed by atoms with Crippen molar-refractivity contribution in [1.29, 1.82) is 0 Å². The van der Waals surface area contributed by atoms with E-state index >= 15 is 0 Å². The van der Waals surface area contributed by atoms with Crippen molar-refractivity contribution in [1.82, 2.24) is 14.9 Å². The van der Waals surface area contributed by atoms with E-state index in [2.05, 4.69) is 27.0 Å². The summed E-state index contributed by atoms with van der Waals surface area (Å²) in [5, 5.41) is 1.24. The number of H-pyrrole nitrogens is 1. The molecule has 138 valence electrons. The number of aromatic nitrogens is 2. The number of nitrogens with zero attached hydrogens (tertiary/aromatic N) is 3. The van der Waals surface area contributed by atoms with Gasteiger partial charge in [0.15, 0.2) is 0 Å². The van der Waals surface area contributed by atoms with Crippen molar-refractivity contribution in [3.63, 3.8) is 0 Å². The lowest BCUT2D eigenvalue weighted by Gasteiger charge is -2.35. The molecule has 1 aliphatic heterocycles. The molecule has 5 rings (SSSR count). The van der Waals surface area contributed by atoms with Crippen LogP contribution in [0.25, 0.3) is 10.9 Å². The highest BCUT2D eigenvalue weighted by molar-refractivity contribution is 5.99. The SMILES string of the molecule is O=C(c1ccc2[nH]c3c(c2c1)CCCC3)N1CCN(c2ccccn2)CC1. The normalized spacial score (nSPS) is 17.2. The fourth-order valence-electron chi connectivity index (χ4n) is 4.40. The largest absolute Gasteiger partial charge is 0.358 e. The molecule has 0 spiro atoms. The van der Waals surface area contributed by atoms with Crippen molar-refractivity contribution in [3.8, 4) is 0 Å². The van der Waals surface area contributed by atoms with Gasteiger partial charge >= 0.3 is 0 Å². The van der Waals surface area contributed by atoms with Gasteiger partial charge in [0, 0.05) is 54.5 Å². The van der Waals surface area contributed by atoms with Crippen LogP contribution < -0.4 is 4.90 Å². The van der Waals surface area contributed by atoms with E-state index < -0.39 is 0 Å². The predicted molar refractivity (Wildman–Crippen MR) is 107 cm³/mol. The molecule has 0 saturated carbocycles. The number of fused-ring (bicyclic) bond motifs is 3. The molecular weight excluding hydrogens is 336 g/mol. The summed E-state index contributed by atoms with van der Waals surface area (Å²) in [6.45, 7) is 3.12. The number of carbonyl (C=O) groups is 1. The number of amides is 1. The zero-order valence-corrected chi connectivity index (χ0v) is 15.4. The Kier molecular flexibility index (Phi) is 4.07. The maximum atomic E-state index is 13.1. The quantitative estimate of drug-likeness (QED) is 0.762. The lowest BCUT2D eigenvalue weighted by molar-refractivity contribution is 0.0746. The number of nitrogens with one attached hydrogen (secondary N) is 1. The highest BCUT2D eigenvalue weighted by Gasteiger charge is 2.24. The molecule has 1 amide bonds. The summed E-state index contributed by atoms with van der Waals surface area (Å²) < 4.78 is 0. The number of hydrogen-bond acceptors (Lipinski definition) is 3. The van der Waals surface area contributed by atoms with Gasteiger partial charge in [-0.25, -0.2) is 4.98 Å². The van der Waals surface area contributed by atoms with Gasteiger partial charge in [0.1, 0.15) is 5.82 Å². The smallest absolute Gasteiger partial charge is 0.253 e. The van der Waals surface area contributed by atoms with E-state index in [-0.39, 0.29) is 5.91 Å². The number of aryl methyl sites for hydroxylation is 2. The monoisotopic (exact) mass is 360 g/mol. The van der Waals surface area contributed by atoms with Gasteiger partial charge in [0.25, 0.3) is 5.91 Å². The van der Waals surface area contributed by atoms with E-state index in [0.717, 1.165) is 50.4 Å². The third-order valence-electron chi connectivity index (χ3n) is 5.89. The van der Waals surface area contributed by atoms with E-state index in [1.165, 1.54) is 35.0 Å². The standard InChI is InChI=1S/C22H24N4O/c27-22(26-13-11-25(12-14-26)21-7-3-4-10-23-21)16-8-9-20-18(15-16)17-5-1-2-6-19(17)24-20/h3-4,7-10,15,24H,1-2,5-6,11-14H2. The third-order valence-corrected chi connectivity index (χ3v) is 5.89. The number of anilines is 1. The summed E-state index contributed by atoms with van der Waals surface area (Å²) in [5.74, 6) is 1.13. The molecule has 3 heterocycles. The highest BCUT2D eigenvalue weighted by Crippen LogP contribution is 2.30. The van der Waals surface area contributed by atoms with Gasteiger partial charge in [0.05, 0.1) is 0 Å². The molecule has 1 N–H and O–H groups in total. The zero-order chi connectivity index (χ0) is 18.2. The molecule has 0 radical (unpaired) electrons. The van der Waals surface area contributed by atoms with Gasteiger partial charge in [-0.1, -0.05) is 6.07 Å². The first-order valence-corrected chi connectivity index (χ1v) is 9.88. The maximum absolute atomic E-state index is 13.1. The molecule has 2 aromatic heterocycles. The average molecular weight is 360 g/mol. The molecule has 5 heteroatoms. The van der Waals surface area contributed by atoms with Crippen LogP contribution in [0, 0.1) is 0 Å². The van der Waals surface area contributed by atoms with Crippen molar-refractivity contribution in [2.45, 2.75) is 25.7 Å². The Hall–Kier alpha value is -2.82. The second-order valence-electron chi connectivity index (χ2n) is 7.52. The van der Waals surface area contributed by atoms with Crippen molar-refractivity contribution in [3.05, 3.63) is 59.4 Å². The Balaban J connectivity index is 1.34. The fourth-order valence-corrected chi connectivity index (χ4v) is 4.40. The molecular formula is C22H24N4O. The lowest BCUT2D eigenvalue weighted by atomic mass is 9.95. The number of carbonyl (C=O) groups excluding carboxylic acids is 1. The average Bonchev–Trinajstić information content (AvgIpc) is 3.12. The summed E-state index contributed by atoms with van der Waals surface area (Å²) in [6.07, 6.45) is 6.57. The summed E-state index contributed by atoms with van der Waals surface area (Å²) in [5.41, 5.74) is 4.76. The molecule has 5 nitrogen and oxygen atoms in total. The van der Waals surface area contributed by atoms with Crippen molar-refractivity contribution >= 4 is 22.6 Å². The van der Waals surface area contributed by atoms with Crippen LogP contribution in [-0.4, -0.2) is 47.0 Å². The molecule has 1 aliphatic carbocycles. The predicted octanol–water partition coefficient (Wildman–Crippen LogP) is 3.40. The topological polar surface area (TPSA) is 52.2 Å². The summed E-state index contributed by atoms with van der Waals surface area (Å²) in [6, 6.07) is 12.1. The fraction of sp³-hybridized carbons (Fsp3) is 0.364. The Labute approximate surface area is 159 Å². The van der Waals surface area contributed by atoms with Crippen LogP contribution in [0.1, 0.15) is 34.5 Å². The Bertz CT molecular complexity index is 971. The number of benzene rings is 1. The minimum Gasteiger partial charge on any atom is -0.358 e. The maximum Gasteiger partial charge on any atom is 0.253 e. The van der Waals surface area contributed by atoms with Gasteiger partial charge in [0.2, 0.25) is 0 Å². The summed E-state index contributed by atoms with van der Waals surface area (Å²) >= 11 is 0. The molecule has 2 aliphatic rings. The van der Waals surface area contributed by atoms with Gasteiger partial charge in [-0.3, -0.25) is 4.79 Å². The Morgan fingerprint density at radius 3 is 2.67 bits per heavy atom. The minimum absolute atomic E-state index is 0.142. The number of hydrogen-bond donors (Lipinski definition) is 1. The minimum atomic E-state index is 0.142. The molecule has 27 heavy (non-hydrogen) atoms. The third kappa shape index (κ3) is 2.97. The van der Waals surface area contributed by atoms with E-state index in [9.17, 15) is 4.79 Å². The van der Waals surface area contributed by atoms with Gasteiger partial charge in [-0.15, -0.1) is 0 Å². The molecule has 0 unspecified atom stereocenters. The molecule has 1 aromatic carbocycles. The Morgan fingerprint density at radius 1 is 1.00 bits per heavy atom. The summed E-state index contributed by atoms with van der Waals surface area (Å²) in [4.78, 5) is 25.2. The van der Waals surface area contributed by atoms with Crippen LogP contribution >= 0.6 is 0 Å². The van der Waals surface area contributed by atoms with Gasteiger partial charge in [-0.05, 0) is 61.6 Å². The molecule has 1 fully saturated rings. The van der Waals surface area contributed by atoms with Crippen molar-refractivity contribution in [2.75, 3.05) is 31.1 Å². The first kappa shape index (κ1) is 16.4. The van der Waals surface area contributed by atoms with Crippen LogP contribution in [0.5, 0.6) is 0 Å². The van der Waals surface area contributed by atoms with Crippen LogP contribution in [0.4, 0.5) is 5.82 Å². The van der Waals surface area contributed by atoms with Crippen LogP contribution in [0.15, 0.2) is 42.6 Å². The van der Waals surface area contributed by atoms with Gasteiger partial charge < -0.3 is 14.8 Å². The number of rotatable bonds is 2. The molecule has 0 bridgehead atoms. The Morgan fingerprint density at radius 2 is 1.85 bits per heavy atom. The lowest BCUT2D eigenvalue weighted by Crippen LogP contribution is -2.49. The second-order valence-corrected chi connectivity index (χ2v) is 7.52. The first-order chi connectivity index (χ1) is 13.3. The highest BCUT2D eigenvalue weighted by atomic mass is 16.2. The number of piperazine rings is 1. The van der Waals surface area contributed by atoms with E-state index in [0.29, 0.717) is 0 Å². The summed E-state index contributed by atoms with van der Waals surface area (Å²) in [7, 11) is 0. The van der Waals surface area contributed by atoms with E-state index in [4.69, 9.17) is 0 Å². The first-order valence-electron chi connectivity index (χ1n) is 9.88. The van der Waals surface area contributed by atoms with Crippen LogP contribution in [0.2, 0.25) is 0 Å². The second kappa shape index (κ2) is 6.72. The number of pyridine rings is 1. The van der Waals surface area contributed by atoms with Crippen molar-refractivity contribution in [2.24, 2.45) is 0 Å². The molecule has 1 saturated heterocycles. The molecule has 3 aromatic rings.